The molecule has 0 bridgehead atoms. The molecule has 3 nitrogen and oxygen atoms in total. The van der Waals surface area contributed by atoms with Crippen molar-refractivity contribution in [2.75, 3.05) is 25.4 Å². The van der Waals surface area contributed by atoms with Gasteiger partial charge in [-0.1, -0.05) is 0 Å². The van der Waals surface area contributed by atoms with Crippen molar-refractivity contribution in [2.45, 2.75) is 25.1 Å². The molecule has 6 heteroatoms. The third-order valence-electron chi connectivity index (χ3n) is 4.10. The average Bonchev–Trinajstić information content (AvgIpc) is 2.80. The first-order chi connectivity index (χ1) is 9.92. The van der Waals surface area contributed by atoms with Crippen molar-refractivity contribution >= 4 is 16.6 Å². The maximum atomic E-state index is 12.4. The highest BCUT2D eigenvalue weighted by atomic mass is 19.4. The number of aromatic nitrogens is 1. The zero-order valence-corrected chi connectivity index (χ0v) is 11.6. The van der Waals surface area contributed by atoms with E-state index >= 15 is 0 Å². The molecule has 0 atom stereocenters. The van der Waals surface area contributed by atoms with Crippen LogP contribution in [0.25, 0.3) is 10.9 Å². The normalized spacial score (nSPS) is 18.4. The topological polar surface area (TPSA) is 34.2 Å². The molecule has 114 valence electrons. The van der Waals surface area contributed by atoms with Crippen LogP contribution < -0.4 is 5.73 Å². The molecule has 1 aromatic carbocycles. The monoisotopic (exact) mass is 297 g/mol. The molecule has 1 aromatic heterocycles. The number of hydrogen-bond acceptors (Lipinski definition) is 2. The van der Waals surface area contributed by atoms with E-state index in [-0.39, 0.29) is 6.04 Å². The van der Waals surface area contributed by atoms with Crippen LogP contribution >= 0.6 is 0 Å². The zero-order valence-electron chi connectivity index (χ0n) is 11.6. The summed E-state index contributed by atoms with van der Waals surface area (Å²) >= 11 is 0. The van der Waals surface area contributed by atoms with E-state index in [1.165, 1.54) is 4.90 Å². The standard InChI is InChI=1S/C15H18F3N3/c16-15(17,18)10-20-6-4-13(5-7-20)21-8-3-11-9-12(19)1-2-14(11)21/h1-3,8-9,13H,4-7,10,19H2. The molecular formula is C15H18F3N3. The predicted molar refractivity (Wildman–Crippen MR) is 77.1 cm³/mol. The third kappa shape index (κ3) is 3.15. The minimum absolute atomic E-state index is 0.260. The Bertz CT molecular complexity index is 625. The van der Waals surface area contributed by atoms with Crippen LogP contribution in [0, 0.1) is 0 Å². The molecule has 2 aromatic rings. The summed E-state index contributed by atoms with van der Waals surface area (Å²) in [5.41, 5.74) is 7.58. The summed E-state index contributed by atoms with van der Waals surface area (Å²) in [4.78, 5) is 1.49. The fourth-order valence-electron chi connectivity index (χ4n) is 3.11. The fraction of sp³-hybridized carbons (Fsp3) is 0.467. The Morgan fingerprint density at radius 3 is 2.52 bits per heavy atom. The molecule has 0 spiro atoms. The van der Waals surface area contributed by atoms with Crippen molar-refractivity contribution in [3.63, 3.8) is 0 Å². The number of anilines is 1. The van der Waals surface area contributed by atoms with Crippen molar-refractivity contribution in [3.8, 4) is 0 Å². The molecule has 1 aliphatic heterocycles. The summed E-state index contributed by atoms with van der Waals surface area (Å²) in [5.74, 6) is 0. The molecule has 0 amide bonds. The summed E-state index contributed by atoms with van der Waals surface area (Å²) < 4.78 is 39.4. The number of piperidine rings is 1. The summed E-state index contributed by atoms with van der Waals surface area (Å²) in [6.45, 7) is 0.167. The quantitative estimate of drug-likeness (QED) is 0.862. The summed E-state index contributed by atoms with van der Waals surface area (Å²) in [7, 11) is 0. The first-order valence-electron chi connectivity index (χ1n) is 7.07. The number of nitrogens with zero attached hydrogens (tertiary/aromatic N) is 2. The minimum atomic E-state index is -4.11. The lowest BCUT2D eigenvalue weighted by atomic mass is 10.0. The third-order valence-corrected chi connectivity index (χ3v) is 4.10. The van der Waals surface area contributed by atoms with Gasteiger partial charge in [0.15, 0.2) is 0 Å². The van der Waals surface area contributed by atoms with Crippen LogP contribution in [0.5, 0.6) is 0 Å². The van der Waals surface area contributed by atoms with Gasteiger partial charge >= 0.3 is 6.18 Å². The SMILES string of the molecule is Nc1ccc2c(ccn2C2CCN(CC(F)(F)F)CC2)c1. The Hall–Kier alpha value is -1.69. The largest absolute Gasteiger partial charge is 0.401 e. The summed E-state index contributed by atoms with van der Waals surface area (Å²) in [6, 6.07) is 8.03. The van der Waals surface area contributed by atoms with Crippen LogP contribution in [0.4, 0.5) is 18.9 Å². The van der Waals surface area contributed by atoms with Crippen molar-refractivity contribution in [1.82, 2.24) is 9.47 Å². The van der Waals surface area contributed by atoms with Gasteiger partial charge in [0.25, 0.3) is 0 Å². The lowest BCUT2D eigenvalue weighted by Gasteiger charge is -2.33. The maximum Gasteiger partial charge on any atom is 0.401 e. The highest BCUT2D eigenvalue weighted by Crippen LogP contribution is 2.29. The van der Waals surface area contributed by atoms with Gasteiger partial charge in [-0.15, -0.1) is 0 Å². The van der Waals surface area contributed by atoms with E-state index in [2.05, 4.69) is 4.57 Å². The Morgan fingerprint density at radius 2 is 1.86 bits per heavy atom. The number of fused-ring (bicyclic) bond motifs is 1. The first kappa shape index (κ1) is 14.3. The molecule has 1 saturated heterocycles. The van der Waals surface area contributed by atoms with Crippen LogP contribution in [0.1, 0.15) is 18.9 Å². The Balaban J connectivity index is 1.71. The number of halogens is 3. The second-order valence-electron chi connectivity index (χ2n) is 5.66. The molecule has 0 aliphatic carbocycles. The van der Waals surface area contributed by atoms with E-state index in [1.807, 2.05) is 30.5 Å². The summed E-state index contributed by atoms with van der Waals surface area (Å²) in [6.07, 6.45) is -0.618. The van der Waals surface area contributed by atoms with Gasteiger partial charge in [0.1, 0.15) is 0 Å². The van der Waals surface area contributed by atoms with E-state index in [1.54, 1.807) is 0 Å². The molecule has 1 aliphatic rings. The van der Waals surface area contributed by atoms with Gasteiger partial charge in [-0.3, -0.25) is 4.90 Å². The van der Waals surface area contributed by atoms with Gasteiger partial charge in [0, 0.05) is 41.9 Å². The number of nitrogens with two attached hydrogens (primary N) is 1. The molecule has 2 N–H and O–H groups in total. The number of rotatable bonds is 2. The van der Waals surface area contributed by atoms with Crippen LogP contribution in [-0.2, 0) is 0 Å². The summed E-state index contributed by atoms with van der Waals surface area (Å²) in [5, 5.41) is 1.08. The smallest absolute Gasteiger partial charge is 0.399 e. The van der Waals surface area contributed by atoms with Gasteiger partial charge in [0.05, 0.1) is 6.54 Å². The molecule has 1 fully saturated rings. The number of hydrogen-bond donors (Lipinski definition) is 1. The zero-order chi connectivity index (χ0) is 15.0. The van der Waals surface area contributed by atoms with Crippen molar-refractivity contribution in [2.24, 2.45) is 0 Å². The molecule has 0 unspecified atom stereocenters. The van der Waals surface area contributed by atoms with Crippen molar-refractivity contribution < 1.29 is 13.2 Å². The van der Waals surface area contributed by atoms with E-state index in [0.717, 1.165) is 29.4 Å². The fourth-order valence-corrected chi connectivity index (χ4v) is 3.11. The predicted octanol–water partition coefficient (Wildman–Crippen LogP) is 3.42. The Labute approximate surface area is 121 Å². The average molecular weight is 297 g/mol. The van der Waals surface area contributed by atoms with E-state index in [0.29, 0.717) is 13.1 Å². The van der Waals surface area contributed by atoms with Gasteiger partial charge in [-0.05, 0) is 37.1 Å². The lowest BCUT2D eigenvalue weighted by molar-refractivity contribution is -0.148. The van der Waals surface area contributed by atoms with E-state index < -0.39 is 12.7 Å². The highest BCUT2D eigenvalue weighted by molar-refractivity contribution is 5.83. The van der Waals surface area contributed by atoms with Crippen molar-refractivity contribution in [3.05, 3.63) is 30.5 Å². The number of likely N-dealkylation sites (tertiary alicyclic amines) is 1. The number of benzene rings is 1. The van der Waals surface area contributed by atoms with Gasteiger partial charge in [0.2, 0.25) is 0 Å². The molecule has 21 heavy (non-hydrogen) atoms. The van der Waals surface area contributed by atoms with Crippen molar-refractivity contribution in [1.29, 1.82) is 0 Å². The number of nitrogen functional groups attached to an aromatic ring is 1. The molecule has 3 rings (SSSR count). The van der Waals surface area contributed by atoms with Gasteiger partial charge in [-0.25, -0.2) is 0 Å². The Morgan fingerprint density at radius 1 is 1.14 bits per heavy atom. The van der Waals surface area contributed by atoms with Crippen LogP contribution in [0.3, 0.4) is 0 Å². The van der Waals surface area contributed by atoms with E-state index in [4.69, 9.17) is 5.73 Å². The van der Waals surface area contributed by atoms with Crippen LogP contribution in [-0.4, -0.2) is 35.3 Å². The molecular weight excluding hydrogens is 279 g/mol. The maximum absolute atomic E-state index is 12.4. The second-order valence-corrected chi connectivity index (χ2v) is 5.66. The van der Waals surface area contributed by atoms with Gasteiger partial charge < -0.3 is 10.3 Å². The second kappa shape index (κ2) is 5.26. The number of alkyl halides is 3. The molecule has 0 radical (unpaired) electrons. The minimum Gasteiger partial charge on any atom is -0.399 e. The van der Waals surface area contributed by atoms with E-state index in [9.17, 15) is 13.2 Å². The van der Waals surface area contributed by atoms with Gasteiger partial charge in [-0.2, -0.15) is 13.2 Å². The first-order valence-corrected chi connectivity index (χ1v) is 7.07. The van der Waals surface area contributed by atoms with Crippen LogP contribution in [0.15, 0.2) is 30.5 Å². The Kier molecular flexibility index (Phi) is 3.57. The van der Waals surface area contributed by atoms with Crippen LogP contribution in [0.2, 0.25) is 0 Å². The highest BCUT2D eigenvalue weighted by Gasteiger charge is 2.32. The molecule has 2 heterocycles. The molecule has 0 saturated carbocycles. The lowest BCUT2D eigenvalue weighted by Crippen LogP contribution is -2.40.